The van der Waals surface area contributed by atoms with Gasteiger partial charge in [0.05, 0.1) is 18.1 Å². The van der Waals surface area contributed by atoms with Gasteiger partial charge >= 0.3 is 0 Å². The summed E-state index contributed by atoms with van der Waals surface area (Å²) < 4.78 is 0. The molecule has 5 nitrogen and oxygen atoms in total. The van der Waals surface area contributed by atoms with E-state index in [0.717, 1.165) is 22.5 Å². The summed E-state index contributed by atoms with van der Waals surface area (Å²) in [7, 11) is 0. The lowest BCUT2D eigenvalue weighted by Crippen LogP contribution is -2.43. The lowest BCUT2D eigenvalue weighted by atomic mass is 9.79. The molecule has 102 valence electrons. The Morgan fingerprint density at radius 3 is 2.80 bits per heavy atom. The molecule has 0 radical (unpaired) electrons. The number of carbonyl (C=O) groups excluding carboxylic acids is 1. The van der Waals surface area contributed by atoms with Crippen molar-refractivity contribution >= 4 is 17.3 Å². The zero-order valence-corrected chi connectivity index (χ0v) is 11.5. The van der Waals surface area contributed by atoms with Crippen molar-refractivity contribution < 1.29 is 4.79 Å². The molecule has 2 aromatic rings. The molecule has 20 heavy (non-hydrogen) atoms. The van der Waals surface area contributed by atoms with E-state index in [-0.39, 0.29) is 11.3 Å². The molecule has 0 atom stereocenters. The summed E-state index contributed by atoms with van der Waals surface area (Å²) in [4.78, 5) is 12.0. The normalized spacial score (nSPS) is 16.2. The molecular weight excluding hydrogens is 252 g/mol. The molecule has 3 rings (SSSR count). The van der Waals surface area contributed by atoms with Crippen LogP contribution in [0.4, 0.5) is 11.4 Å². The van der Waals surface area contributed by atoms with Gasteiger partial charge in [0.1, 0.15) is 0 Å². The third-order valence-corrected chi connectivity index (χ3v) is 3.56. The Labute approximate surface area is 117 Å². The van der Waals surface area contributed by atoms with Crippen molar-refractivity contribution in [2.75, 3.05) is 11.9 Å². The number of nitrogens with zero attached hydrogens (tertiary/aromatic N) is 2. The van der Waals surface area contributed by atoms with Crippen LogP contribution in [0.5, 0.6) is 0 Å². The highest BCUT2D eigenvalue weighted by Crippen LogP contribution is 2.31. The number of hydrogen-bond donors (Lipinski definition) is 2. The Bertz CT molecular complexity index is 652. The van der Waals surface area contributed by atoms with Gasteiger partial charge in [-0.25, -0.2) is 0 Å². The Hall–Kier alpha value is -2.43. The van der Waals surface area contributed by atoms with E-state index in [0.29, 0.717) is 6.54 Å². The van der Waals surface area contributed by atoms with Crippen molar-refractivity contribution in [3.63, 3.8) is 0 Å². The highest BCUT2D eigenvalue weighted by Gasteiger charge is 2.31. The molecule has 1 aromatic carbocycles. The Morgan fingerprint density at radius 1 is 1.20 bits per heavy atom. The molecule has 1 aliphatic heterocycles. The van der Waals surface area contributed by atoms with Crippen molar-refractivity contribution in [2.45, 2.75) is 19.3 Å². The number of rotatable bonds is 2. The van der Waals surface area contributed by atoms with E-state index in [1.807, 2.05) is 24.3 Å². The van der Waals surface area contributed by atoms with E-state index in [2.05, 4.69) is 34.7 Å². The first-order chi connectivity index (χ1) is 9.56. The monoisotopic (exact) mass is 268 g/mol. The van der Waals surface area contributed by atoms with E-state index in [4.69, 9.17) is 0 Å². The zero-order chi connectivity index (χ0) is 14.2. The van der Waals surface area contributed by atoms with Gasteiger partial charge < -0.3 is 10.6 Å². The molecule has 0 bridgehead atoms. The van der Waals surface area contributed by atoms with Gasteiger partial charge in [-0.3, -0.25) is 4.79 Å². The van der Waals surface area contributed by atoms with Crippen molar-refractivity contribution in [1.29, 1.82) is 0 Å². The molecular formula is C15H16N4O. The number of fused-ring (bicyclic) bond motifs is 1. The summed E-state index contributed by atoms with van der Waals surface area (Å²) in [5.74, 6) is -0.0178. The fourth-order valence-electron chi connectivity index (χ4n) is 2.42. The number of nitrogens with one attached hydrogen (secondary N) is 2. The Morgan fingerprint density at radius 2 is 2.05 bits per heavy atom. The number of hydrogen-bond acceptors (Lipinski definition) is 4. The van der Waals surface area contributed by atoms with Crippen LogP contribution in [0.3, 0.4) is 0 Å². The van der Waals surface area contributed by atoms with E-state index in [1.165, 1.54) is 0 Å². The molecule has 0 spiro atoms. The maximum Gasteiger partial charge on any atom is 0.251 e. The second-order valence-corrected chi connectivity index (χ2v) is 5.58. The van der Waals surface area contributed by atoms with Gasteiger partial charge in [-0.15, -0.1) is 0 Å². The average molecular weight is 268 g/mol. The maximum absolute atomic E-state index is 12.0. The SMILES string of the molecule is CC1(C)CNC(=O)c2cc(Nc3ccnnc3)ccc21. The van der Waals surface area contributed by atoms with Gasteiger partial charge in [0, 0.05) is 23.2 Å². The van der Waals surface area contributed by atoms with E-state index in [1.54, 1.807) is 12.4 Å². The average Bonchev–Trinajstić information content (AvgIpc) is 2.44. The van der Waals surface area contributed by atoms with Gasteiger partial charge in [-0.1, -0.05) is 19.9 Å². The first-order valence-corrected chi connectivity index (χ1v) is 6.53. The first-order valence-electron chi connectivity index (χ1n) is 6.53. The molecule has 0 unspecified atom stereocenters. The number of anilines is 2. The second-order valence-electron chi connectivity index (χ2n) is 5.58. The Balaban J connectivity index is 1.97. The van der Waals surface area contributed by atoms with Gasteiger partial charge in [0.25, 0.3) is 5.91 Å². The molecule has 1 amide bonds. The van der Waals surface area contributed by atoms with Crippen LogP contribution in [0.15, 0.2) is 36.7 Å². The molecule has 0 fully saturated rings. The summed E-state index contributed by atoms with van der Waals surface area (Å²) in [6.45, 7) is 4.93. The van der Waals surface area contributed by atoms with Crippen LogP contribution in [-0.2, 0) is 5.41 Å². The van der Waals surface area contributed by atoms with E-state index in [9.17, 15) is 4.79 Å². The quantitative estimate of drug-likeness (QED) is 0.876. The third kappa shape index (κ3) is 2.22. The fourth-order valence-corrected chi connectivity index (χ4v) is 2.42. The first kappa shape index (κ1) is 12.6. The minimum Gasteiger partial charge on any atom is -0.354 e. The summed E-state index contributed by atoms with van der Waals surface area (Å²) in [5, 5.41) is 13.7. The molecule has 1 aliphatic rings. The lowest BCUT2D eigenvalue weighted by molar-refractivity contribution is 0.0930. The number of amides is 1. The van der Waals surface area contributed by atoms with Crippen LogP contribution in [0, 0.1) is 0 Å². The topological polar surface area (TPSA) is 66.9 Å². The van der Waals surface area contributed by atoms with Crippen LogP contribution in [0.2, 0.25) is 0 Å². The molecule has 2 N–H and O–H groups in total. The Kier molecular flexibility index (Phi) is 2.89. The standard InChI is InChI=1S/C15H16N4O/c1-15(2)9-16-14(20)12-7-10(3-4-13(12)15)19-11-5-6-17-18-8-11/h3-8H,9H2,1-2H3,(H,16,20)(H,17,19). The second kappa shape index (κ2) is 4.59. The lowest BCUT2D eigenvalue weighted by Gasteiger charge is -2.32. The van der Waals surface area contributed by atoms with Crippen LogP contribution in [0.25, 0.3) is 0 Å². The third-order valence-electron chi connectivity index (χ3n) is 3.56. The highest BCUT2D eigenvalue weighted by atomic mass is 16.1. The molecule has 1 aromatic heterocycles. The summed E-state index contributed by atoms with van der Waals surface area (Å²) in [6, 6.07) is 7.72. The predicted octanol–water partition coefficient (Wildman–Crippen LogP) is 2.24. The van der Waals surface area contributed by atoms with E-state index < -0.39 is 0 Å². The smallest absolute Gasteiger partial charge is 0.251 e. The van der Waals surface area contributed by atoms with Crippen LogP contribution in [-0.4, -0.2) is 22.6 Å². The minimum absolute atomic E-state index is 0.0178. The maximum atomic E-state index is 12.0. The summed E-state index contributed by atoms with van der Waals surface area (Å²) >= 11 is 0. The van der Waals surface area contributed by atoms with Crippen molar-refractivity contribution in [3.8, 4) is 0 Å². The van der Waals surface area contributed by atoms with E-state index >= 15 is 0 Å². The highest BCUT2D eigenvalue weighted by molar-refractivity contribution is 5.98. The molecule has 0 saturated carbocycles. The van der Waals surface area contributed by atoms with Gasteiger partial charge in [-0.2, -0.15) is 10.2 Å². The molecule has 0 aliphatic carbocycles. The van der Waals surface area contributed by atoms with Gasteiger partial charge in [0.15, 0.2) is 0 Å². The largest absolute Gasteiger partial charge is 0.354 e. The fraction of sp³-hybridized carbons (Fsp3) is 0.267. The zero-order valence-electron chi connectivity index (χ0n) is 11.5. The predicted molar refractivity (Wildman–Crippen MR) is 77.1 cm³/mol. The number of carbonyl (C=O) groups is 1. The van der Waals surface area contributed by atoms with Gasteiger partial charge in [0.2, 0.25) is 0 Å². The molecule has 2 heterocycles. The van der Waals surface area contributed by atoms with Crippen LogP contribution >= 0.6 is 0 Å². The van der Waals surface area contributed by atoms with Crippen molar-refractivity contribution in [3.05, 3.63) is 47.8 Å². The molecule has 0 saturated heterocycles. The summed E-state index contributed by atoms with van der Waals surface area (Å²) in [5.41, 5.74) is 3.48. The molecule has 5 heteroatoms. The van der Waals surface area contributed by atoms with Crippen molar-refractivity contribution in [1.82, 2.24) is 15.5 Å². The van der Waals surface area contributed by atoms with Crippen molar-refractivity contribution in [2.24, 2.45) is 0 Å². The van der Waals surface area contributed by atoms with Crippen LogP contribution in [0.1, 0.15) is 29.8 Å². The number of aromatic nitrogens is 2. The minimum atomic E-state index is -0.0417. The number of benzene rings is 1. The summed E-state index contributed by atoms with van der Waals surface area (Å²) in [6.07, 6.45) is 3.26. The van der Waals surface area contributed by atoms with Gasteiger partial charge in [-0.05, 0) is 23.8 Å². The van der Waals surface area contributed by atoms with Crippen LogP contribution < -0.4 is 10.6 Å².